The van der Waals surface area contributed by atoms with Gasteiger partial charge in [-0.3, -0.25) is 4.79 Å². The first-order valence-corrected chi connectivity index (χ1v) is 4.58. The van der Waals surface area contributed by atoms with Crippen molar-refractivity contribution < 1.29 is 14.6 Å². The van der Waals surface area contributed by atoms with E-state index < -0.39 is 18.2 Å². The number of allylic oxidation sites excluding steroid dienone is 1. The molecule has 2 aliphatic carbocycles. The molecule has 1 N–H and O–H groups in total. The Morgan fingerprint density at radius 1 is 1.57 bits per heavy atom. The SMILES string of the molecule is CC(=O)OC1C(O)C=CC2C(C#N)C21. The quantitative estimate of drug-likeness (QED) is 0.478. The third kappa shape index (κ3) is 1.30. The lowest BCUT2D eigenvalue weighted by Gasteiger charge is -2.22. The zero-order valence-corrected chi connectivity index (χ0v) is 7.75. The van der Waals surface area contributed by atoms with Gasteiger partial charge in [-0.15, -0.1) is 0 Å². The maximum Gasteiger partial charge on any atom is 0.303 e. The summed E-state index contributed by atoms with van der Waals surface area (Å²) in [5.74, 6) is -0.365. The van der Waals surface area contributed by atoms with E-state index in [9.17, 15) is 9.90 Å². The van der Waals surface area contributed by atoms with Gasteiger partial charge in [-0.25, -0.2) is 0 Å². The average Bonchev–Trinajstić information content (AvgIpc) is 2.83. The molecule has 0 radical (unpaired) electrons. The van der Waals surface area contributed by atoms with Gasteiger partial charge in [0.25, 0.3) is 0 Å². The molecule has 0 saturated heterocycles. The highest BCUT2D eigenvalue weighted by atomic mass is 16.6. The Morgan fingerprint density at radius 3 is 2.86 bits per heavy atom. The number of hydrogen-bond donors (Lipinski definition) is 1. The van der Waals surface area contributed by atoms with E-state index in [1.165, 1.54) is 6.92 Å². The van der Waals surface area contributed by atoms with Crippen molar-refractivity contribution >= 4 is 5.97 Å². The second-order valence-electron chi connectivity index (χ2n) is 3.76. The Bertz CT molecular complexity index is 331. The van der Waals surface area contributed by atoms with Gasteiger partial charge in [0.05, 0.1) is 12.0 Å². The van der Waals surface area contributed by atoms with Crippen LogP contribution < -0.4 is 0 Å². The lowest BCUT2D eigenvalue weighted by molar-refractivity contribution is -0.152. The highest BCUT2D eigenvalue weighted by Crippen LogP contribution is 2.53. The third-order valence-electron chi connectivity index (χ3n) is 2.83. The smallest absolute Gasteiger partial charge is 0.303 e. The van der Waals surface area contributed by atoms with Crippen molar-refractivity contribution in [3.05, 3.63) is 12.2 Å². The summed E-state index contributed by atoms with van der Waals surface area (Å²) in [6.45, 7) is 1.31. The topological polar surface area (TPSA) is 70.3 Å². The molecule has 0 aromatic heterocycles. The fourth-order valence-corrected chi connectivity index (χ4v) is 2.12. The Balaban J connectivity index is 2.12. The van der Waals surface area contributed by atoms with E-state index in [-0.39, 0.29) is 17.8 Å². The van der Waals surface area contributed by atoms with Crippen LogP contribution >= 0.6 is 0 Å². The predicted molar refractivity (Wildman–Crippen MR) is 46.8 cm³/mol. The predicted octanol–water partition coefficient (Wildman–Crippen LogP) is 0.235. The molecule has 5 unspecified atom stereocenters. The Kier molecular flexibility index (Phi) is 2.05. The van der Waals surface area contributed by atoms with Crippen molar-refractivity contribution in [2.75, 3.05) is 0 Å². The number of aliphatic hydroxyl groups is 1. The maximum absolute atomic E-state index is 10.8. The fraction of sp³-hybridized carbons (Fsp3) is 0.600. The Labute approximate surface area is 81.8 Å². The maximum atomic E-state index is 10.8. The van der Waals surface area contributed by atoms with Crippen molar-refractivity contribution in [1.82, 2.24) is 0 Å². The van der Waals surface area contributed by atoms with Gasteiger partial charge in [0.1, 0.15) is 12.2 Å². The second-order valence-corrected chi connectivity index (χ2v) is 3.76. The number of rotatable bonds is 1. The molecule has 5 atom stereocenters. The van der Waals surface area contributed by atoms with Gasteiger partial charge in [0.2, 0.25) is 0 Å². The standard InChI is InChI=1S/C10H11NO3/c1-5(12)14-10-8(13)3-2-6-7(4-11)9(6)10/h2-3,6-10,13H,1H3. The van der Waals surface area contributed by atoms with Crippen LogP contribution in [0.4, 0.5) is 0 Å². The van der Waals surface area contributed by atoms with Crippen molar-refractivity contribution in [3.8, 4) is 6.07 Å². The lowest BCUT2D eigenvalue weighted by Crippen LogP contribution is -2.33. The van der Waals surface area contributed by atoms with Crippen LogP contribution in [0.5, 0.6) is 0 Å². The van der Waals surface area contributed by atoms with Crippen LogP contribution in [-0.4, -0.2) is 23.3 Å². The summed E-state index contributed by atoms with van der Waals surface area (Å²) in [6, 6.07) is 2.15. The van der Waals surface area contributed by atoms with Gasteiger partial charge in [0, 0.05) is 18.8 Å². The van der Waals surface area contributed by atoms with Gasteiger partial charge in [-0.2, -0.15) is 5.26 Å². The summed E-state index contributed by atoms with van der Waals surface area (Å²) in [6.07, 6.45) is 2.14. The minimum Gasteiger partial charge on any atom is -0.459 e. The fourth-order valence-electron chi connectivity index (χ4n) is 2.12. The largest absolute Gasteiger partial charge is 0.459 e. The molecule has 2 rings (SSSR count). The van der Waals surface area contributed by atoms with E-state index in [0.29, 0.717) is 0 Å². The van der Waals surface area contributed by atoms with Crippen molar-refractivity contribution in [2.45, 2.75) is 19.1 Å². The molecule has 14 heavy (non-hydrogen) atoms. The number of ether oxygens (including phenoxy) is 1. The second kappa shape index (κ2) is 3.10. The summed E-state index contributed by atoms with van der Waals surface area (Å²) in [5, 5.41) is 18.3. The van der Waals surface area contributed by atoms with E-state index in [4.69, 9.17) is 10.00 Å². The van der Waals surface area contributed by atoms with Crippen molar-refractivity contribution in [1.29, 1.82) is 5.26 Å². The first kappa shape index (κ1) is 9.22. The number of aliphatic hydroxyl groups excluding tert-OH is 1. The molecular formula is C10H11NO3. The lowest BCUT2D eigenvalue weighted by atomic mass is 10.0. The van der Waals surface area contributed by atoms with Crippen LogP contribution in [0, 0.1) is 29.1 Å². The van der Waals surface area contributed by atoms with Gasteiger partial charge in [0.15, 0.2) is 0 Å². The number of nitriles is 1. The third-order valence-corrected chi connectivity index (χ3v) is 2.83. The van der Waals surface area contributed by atoms with E-state index in [1.54, 1.807) is 6.08 Å². The highest BCUT2D eigenvalue weighted by molar-refractivity contribution is 5.66. The summed E-state index contributed by atoms with van der Waals surface area (Å²) < 4.78 is 5.00. The first-order valence-electron chi connectivity index (χ1n) is 4.58. The molecule has 4 nitrogen and oxygen atoms in total. The molecule has 1 saturated carbocycles. The molecule has 0 spiro atoms. The zero-order valence-electron chi connectivity index (χ0n) is 7.75. The van der Waals surface area contributed by atoms with E-state index in [1.807, 2.05) is 6.08 Å². The molecule has 2 aliphatic rings. The summed E-state index contributed by atoms with van der Waals surface area (Å²) in [4.78, 5) is 10.8. The number of carbonyl (C=O) groups is 1. The van der Waals surface area contributed by atoms with Crippen molar-refractivity contribution in [2.24, 2.45) is 17.8 Å². The van der Waals surface area contributed by atoms with Crippen molar-refractivity contribution in [3.63, 3.8) is 0 Å². The van der Waals surface area contributed by atoms with Crippen LogP contribution in [0.1, 0.15) is 6.92 Å². The number of hydrogen-bond acceptors (Lipinski definition) is 4. The number of carbonyl (C=O) groups excluding carboxylic acids is 1. The van der Waals surface area contributed by atoms with Crippen LogP contribution in [0.2, 0.25) is 0 Å². The molecule has 4 heteroatoms. The number of nitrogens with zero attached hydrogens (tertiary/aromatic N) is 1. The Hall–Kier alpha value is -1.34. The van der Waals surface area contributed by atoms with E-state index >= 15 is 0 Å². The minimum atomic E-state index is -0.765. The molecule has 1 fully saturated rings. The normalized spacial score (nSPS) is 43.6. The molecule has 0 bridgehead atoms. The van der Waals surface area contributed by atoms with Gasteiger partial charge in [-0.1, -0.05) is 12.2 Å². The molecule has 0 amide bonds. The highest BCUT2D eigenvalue weighted by Gasteiger charge is 2.58. The summed E-state index contributed by atoms with van der Waals surface area (Å²) in [7, 11) is 0. The molecule has 0 heterocycles. The molecule has 0 aromatic carbocycles. The van der Waals surface area contributed by atoms with Gasteiger partial charge >= 0.3 is 5.97 Å². The summed E-state index contributed by atoms with van der Waals surface area (Å²) >= 11 is 0. The number of fused-ring (bicyclic) bond motifs is 1. The summed E-state index contributed by atoms with van der Waals surface area (Å²) in [5.41, 5.74) is 0. The average molecular weight is 193 g/mol. The van der Waals surface area contributed by atoms with E-state index in [0.717, 1.165) is 0 Å². The molecule has 74 valence electrons. The monoisotopic (exact) mass is 193 g/mol. The van der Waals surface area contributed by atoms with Crippen LogP contribution in [0.3, 0.4) is 0 Å². The van der Waals surface area contributed by atoms with Gasteiger partial charge in [-0.05, 0) is 0 Å². The molecule has 0 aliphatic heterocycles. The first-order chi connectivity index (χ1) is 6.65. The molecule has 0 aromatic rings. The minimum absolute atomic E-state index is 0.0103. The number of esters is 1. The molecular weight excluding hydrogens is 182 g/mol. The Morgan fingerprint density at radius 2 is 2.29 bits per heavy atom. The zero-order chi connectivity index (χ0) is 10.3. The van der Waals surface area contributed by atoms with E-state index in [2.05, 4.69) is 6.07 Å². The van der Waals surface area contributed by atoms with Gasteiger partial charge < -0.3 is 9.84 Å². The van der Waals surface area contributed by atoms with Crippen LogP contribution in [0.15, 0.2) is 12.2 Å². The van der Waals surface area contributed by atoms with Crippen LogP contribution in [-0.2, 0) is 9.53 Å². The van der Waals surface area contributed by atoms with Crippen LogP contribution in [0.25, 0.3) is 0 Å².